The summed E-state index contributed by atoms with van der Waals surface area (Å²) < 4.78 is 0. The lowest BCUT2D eigenvalue weighted by Crippen LogP contribution is -1.96. The lowest BCUT2D eigenvalue weighted by Gasteiger charge is -2.06. The Balaban J connectivity index is 4.36. The predicted octanol–water partition coefficient (Wildman–Crippen LogP) is 4.05. The van der Waals surface area contributed by atoms with Gasteiger partial charge in [-0.2, -0.15) is 0 Å². The molecule has 1 nitrogen and oxygen atoms in total. The van der Waals surface area contributed by atoms with E-state index in [9.17, 15) is 4.79 Å². The average molecular weight is 194 g/mol. The number of carbonyl (C=O) groups is 1. The second kappa shape index (κ2) is 5.79. The van der Waals surface area contributed by atoms with Crippen molar-refractivity contribution in [2.45, 2.75) is 54.4 Å². The van der Waals surface area contributed by atoms with Gasteiger partial charge in [-0.05, 0) is 60.0 Å². The van der Waals surface area contributed by atoms with Crippen molar-refractivity contribution < 1.29 is 4.79 Å². The van der Waals surface area contributed by atoms with Crippen molar-refractivity contribution in [1.29, 1.82) is 0 Å². The molecule has 14 heavy (non-hydrogen) atoms. The Bertz CT molecular complexity index is 276. The van der Waals surface area contributed by atoms with Crippen LogP contribution in [-0.2, 0) is 4.79 Å². The van der Waals surface area contributed by atoms with Gasteiger partial charge in [-0.3, -0.25) is 4.79 Å². The van der Waals surface area contributed by atoms with Crippen molar-refractivity contribution in [1.82, 2.24) is 0 Å². The first-order valence-electron chi connectivity index (χ1n) is 5.16. The van der Waals surface area contributed by atoms with Crippen molar-refractivity contribution in [3.05, 3.63) is 22.3 Å². The van der Waals surface area contributed by atoms with Gasteiger partial charge >= 0.3 is 0 Å². The van der Waals surface area contributed by atoms with Crippen LogP contribution in [0.3, 0.4) is 0 Å². The molecule has 0 fully saturated rings. The van der Waals surface area contributed by atoms with Crippen LogP contribution in [0.4, 0.5) is 0 Å². The van der Waals surface area contributed by atoms with E-state index in [4.69, 9.17) is 0 Å². The molecule has 0 radical (unpaired) electrons. The monoisotopic (exact) mass is 194 g/mol. The van der Waals surface area contributed by atoms with Gasteiger partial charge in [-0.1, -0.05) is 16.7 Å². The highest BCUT2D eigenvalue weighted by Gasteiger charge is 2.02. The first-order valence-corrected chi connectivity index (χ1v) is 5.16. The second-order valence-corrected chi connectivity index (χ2v) is 4.24. The van der Waals surface area contributed by atoms with Crippen LogP contribution in [0, 0.1) is 0 Å². The number of hydrogen-bond donors (Lipinski definition) is 0. The molecule has 80 valence electrons. The summed E-state index contributed by atoms with van der Waals surface area (Å²) in [6.07, 6.45) is 2.07. The summed E-state index contributed by atoms with van der Waals surface area (Å²) >= 11 is 0. The Morgan fingerprint density at radius 3 is 1.57 bits per heavy atom. The summed E-state index contributed by atoms with van der Waals surface area (Å²) in [5.74, 6) is 0.192. The normalized spacial score (nSPS) is 12.1. The molecule has 0 amide bonds. The van der Waals surface area contributed by atoms with Gasteiger partial charge in [0.2, 0.25) is 0 Å². The van der Waals surface area contributed by atoms with E-state index < -0.39 is 0 Å². The summed E-state index contributed by atoms with van der Waals surface area (Å²) in [5, 5.41) is 0. The number of rotatable bonds is 4. The van der Waals surface area contributed by atoms with Crippen LogP contribution in [0.1, 0.15) is 54.4 Å². The lowest BCUT2D eigenvalue weighted by molar-refractivity contribution is -0.113. The van der Waals surface area contributed by atoms with Crippen molar-refractivity contribution in [3.8, 4) is 0 Å². The van der Waals surface area contributed by atoms with E-state index in [1.54, 1.807) is 6.92 Å². The molecule has 0 N–H and O–H groups in total. The maximum absolute atomic E-state index is 11.1. The fourth-order valence-electron chi connectivity index (χ4n) is 1.11. The molecule has 1 heteroatoms. The lowest BCUT2D eigenvalue weighted by atomic mass is 9.99. The molecule has 0 aromatic carbocycles. The molecule has 0 aromatic rings. The maximum atomic E-state index is 11.1. The van der Waals surface area contributed by atoms with Gasteiger partial charge in [-0.15, -0.1) is 0 Å². The van der Waals surface area contributed by atoms with Crippen LogP contribution in [0.2, 0.25) is 0 Å². The van der Waals surface area contributed by atoms with Gasteiger partial charge in [-0.25, -0.2) is 0 Å². The van der Waals surface area contributed by atoms with E-state index >= 15 is 0 Å². The van der Waals surface area contributed by atoms with E-state index in [-0.39, 0.29) is 5.78 Å². The summed E-state index contributed by atoms with van der Waals surface area (Å²) in [6.45, 7) is 12.0. The topological polar surface area (TPSA) is 17.1 Å². The number of hydrogen-bond acceptors (Lipinski definition) is 1. The zero-order valence-corrected chi connectivity index (χ0v) is 10.3. The highest BCUT2D eigenvalue weighted by molar-refractivity contribution is 5.93. The average Bonchev–Trinajstić information content (AvgIpc) is 2.11. The van der Waals surface area contributed by atoms with Crippen LogP contribution < -0.4 is 0 Å². The van der Waals surface area contributed by atoms with Crippen LogP contribution in [0.25, 0.3) is 0 Å². The minimum atomic E-state index is 0.192. The largest absolute Gasteiger partial charge is 0.295 e. The molecule has 0 unspecified atom stereocenters. The zero-order chi connectivity index (χ0) is 11.3. The van der Waals surface area contributed by atoms with Crippen molar-refractivity contribution in [2.24, 2.45) is 0 Å². The molecule has 0 aliphatic rings. The summed E-state index contributed by atoms with van der Waals surface area (Å²) in [6, 6.07) is 0. The number of carbonyl (C=O) groups excluding carboxylic acids is 1. The van der Waals surface area contributed by atoms with Crippen molar-refractivity contribution >= 4 is 5.78 Å². The maximum Gasteiger partial charge on any atom is 0.155 e. The van der Waals surface area contributed by atoms with Crippen LogP contribution in [-0.4, -0.2) is 5.78 Å². The SMILES string of the molecule is CC(=O)/C(C)=C(/C)CCC(C)=C(C)C. The van der Waals surface area contributed by atoms with E-state index in [2.05, 4.69) is 27.7 Å². The molecule has 0 spiro atoms. The van der Waals surface area contributed by atoms with Gasteiger partial charge in [0.1, 0.15) is 0 Å². The van der Waals surface area contributed by atoms with E-state index in [1.165, 1.54) is 16.7 Å². The molecule has 0 aliphatic carbocycles. The van der Waals surface area contributed by atoms with E-state index in [0.717, 1.165) is 18.4 Å². The summed E-state index contributed by atoms with van der Waals surface area (Å²) in [7, 11) is 0. The standard InChI is InChI=1S/C13H22O/c1-9(2)10(3)7-8-11(4)12(5)13(6)14/h7-8H2,1-6H3/b12-11-. The molecule has 0 aromatic heterocycles. The van der Waals surface area contributed by atoms with Gasteiger partial charge in [0.25, 0.3) is 0 Å². The Labute approximate surface area is 87.9 Å². The fraction of sp³-hybridized carbons (Fsp3) is 0.615. The van der Waals surface area contributed by atoms with Crippen molar-refractivity contribution in [3.63, 3.8) is 0 Å². The van der Waals surface area contributed by atoms with Crippen LogP contribution in [0.15, 0.2) is 22.3 Å². The fourth-order valence-corrected chi connectivity index (χ4v) is 1.11. The van der Waals surface area contributed by atoms with Gasteiger partial charge < -0.3 is 0 Å². The quantitative estimate of drug-likeness (QED) is 0.487. The third-order valence-corrected chi connectivity index (χ3v) is 2.90. The Morgan fingerprint density at radius 1 is 0.786 bits per heavy atom. The molecule has 0 rings (SSSR count). The van der Waals surface area contributed by atoms with E-state index in [0.29, 0.717) is 0 Å². The van der Waals surface area contributed by atoms with Gasteiger partial charge in [0.05, 0.1) is 0 Å². The number of ketones is 1. The number of Topliss-reactive ketones (excluding diaryl/α,β-unsaturated/α-hetero) is 1. The Morgan fingerprint density at radius 2 is 1.21 bits per heavy atom. The molecule has 0 heterocycles. The Kier molecular flexibility index (Phi) is 5.44. The molecular weight excluding hydrogens is 172 g/mol. The molecule has 0 saturated heterocycles. The van der Waals surface area contributed by atoms with Crippen molar-refractivity contribution in [2.75, 3.05) is 0 Å². The molecule has 0 aliphatic heterocycles. The minimum Gasteiger partial charge on any atom is -0.295 e. The highest BCUT2D eigenvalue weighted by Crippen LogP contribution is 2.17. The third kappa shape index (κ3) is 4.40. The van der Waals surface area contributed by atoms with Gasteiger partial charge in [0.15, 0.2) is 5.78 Å². The zero-order valence-electron chi connectivity index (χ0n) is 10.3. The van der Waals surface area contributed by atoms with Crippen LogP contribution >= 0.6 is 0 Å². The molecule has 0 atom stereocenters. The smallest absolute Gasteiger partial charge is 0.155 e. The molecule has 0 saturated carbocycles. The molecular formula is C13H22O. The predicted molar refractivity (Wildman–Crippen MR) is 62.3 cm³/mol. The first kappa shape index (κ1) is 13.2. The highest BCUT2D eigenvalue weighted by atomic mass is 16.1. The Hall–Kier alpha value is -0.850. The van der Waals surface area contributed by atoms with E-state index in [1.807, 2.05) is 6.92 Å². The van der Waals surface area contributed by atoms with Gasteiger partial charge in [0, 0.05) is 0 Å². The first-order chi connectivity index (χ1) is 6.36. The minimum absolute atomic E-state index is 0.192. The van der Waals surface area contributed by atoms with Crippen LogP contribution in [0.5, 0.6) is 0 Å². The summed E-state index contributed by atoms with van der Waals surface area (Å²) in [4.78, 5) is 11.1. The third-order valence-electron chi connectivity index (χ3n) is 2.90. The second-order valence-electron chi connectivity index (χ2n) is 4.24. The summed E-state index contributed by atoms with van der Waals surface area (Å²) in [5.41, 5.74) is 4.96. The molecule has 0 bridgehead atoms. The number of allylic oxidation sites excluding steroid dienone is 4.